The average molecular weight is 303 g/mol. The van der Waals surface area contributed by atoms with E-state index in [1.807, 2.05) is 38.2 Å². The van der Waals surface area contributed by atoms with Gasteiger partial charge in [-0.3, -0.25) is 0 Å². The standard InChI is InChI=1S/C16H25N5O/c1-12(2)7-9-16(4,22)11-17-14-5-6-15(19-18-14)21-10-8-13(3)20-21/h5-6,8,10,12,22H,7,9,11H2,1-4H3,(H,17,18). The van der Waals surface area contributed by atoms with Crippen LogP contribution in [0.1, 0.15) is 39.3 Å². The summed E-state index contributed by atoms with van der Waals surface area (Å²) in [6, 6.07) is 5.61. The summed E-state index contributed by atoms with van der Waals surface area (Å²) in [7, 11) is 0. The average Bonchev–Trinajstić information content (AvgIpc) is 2.90. The van der Waals surface area contributed by atoms with E-state index in [0.29, 0.717) is 24.1 Å². The van der Waals surface area contributed by atoms with Crippen LogP contribution in [0.5, 0.6) is 0 Å². The zero-order valence-corrected chi connectivity index (χ0v) is 13.7. The summed E-state index contributed by atoms with van der Waals surface area (Å²) in [5, 5.41) is 26.0. The number of aliphatic hydroxyl groups is 1. The SMILES string of the molecule is Cc1ccn(-c2ccc(NCC(C)(O)CCC(C)C)nn2)n1. The summed E-state index contributed by atoms with van der Waals surface area (Å²) in [5.74, 6) is 1.91. The maximum atomic E-state index is 10.3. The van der Waals surface area contributed by atoms with Gasteiger partial charge < -0.3 is 10.4 Å². The van der Waals surface area contributed by atoms with Crippen molar-refractivity contribution in [1.29, 1.82) is 0 Å². The van der Waals surface area contributed by atoms with Gasteiger partial charge in [-0.2, -0.15) is 5.10 Å². The first-order valence-electron chi connectivity index (χ1n) is 7.68. The summed E-state index contributed by atoms with van der Waals surface area (Å²) in [6.45, 7) is 8.54. The number of nitrogens with one attached hydrogen (secondary N) is 1. The van der Waals surface area contributed by atoms with Crippen LogP contribution in [0.25, 0.3) is 5.82 Å². The first kappa shape index (κ1) is 16.4. The molecular formula is C16H25N5O. The molecule has 6 nitrogen and oxygen atoms in total. The predicted molar refractivity (Wildman–Crippen MR) is 87.1 cm³/mol. The Labute approximate surface area is 131 Å². The van der Waals surface area contributed by atoms with Crippen LogP contribution >= 0.6 is 0 Å². The monoisotopic (exact) mass is 303 g/mol. The van der Waals surface area contributed by atoms with E-state index in [9.17, 15) is 5.11 Å². The van der Waals surface area contributed by atoms with Crippen LogP contribution in [0.15, 0.2) is 24.4 Å². The Kier molecular flexibility index (Phi) is 5.13. The molecule has 2 rings (SSSR count). The minimum Gasteiger partial charge on any atom is -0.388 e. The van der Waals surface area contributed by atoms with E-state index >= 15 is 0 Å². The molecule has 2 heterocycles. The van der Waals surface area contributed by atoms with Gasteiger partial charge in [0.1, 0.15) is 5.82 Å². The molecule has 0 saturated carbocycles. The Hall–Kier alpha value is -1.95. The topological polar surface area (TPSA) is 75.9 Å². The fourth-order valence-corrected chi connectivity index (χ4v) is 2.05. The van der Waals surface area contributed by atoms with Gasteiger partial charge in [-0.15, -0.1) is 10.2 Å². The molecule has 0 aliphatic carbocycles. The zero-order chi connectivity index (χ0) is 16.2. The molecule has 22 heavy (non-hydrogen) atoms. The number of rotatable bonds is 7. The van der Waals surface area contributed by atoms with Crippen molar-refractivity contribution in [3.8, 4) is 5.82 Å². The highest BCUT2D eigenvalue weighted by Crippen LogP contribution is 2.17. The van der Waals surface area contributed by atoms with Gasteiger partial charge in [0.25, 0.3) is 0 Å². The van der Waals surface area contributed by atoms with Crippen molar-refractivity contribution in [2.45, 2.75) is 46.1 Å². The molecule has 1 atom stereocenters. The molecule has 0 saturated heterocycles. The van der Waals surface area contributed by atoms with Crippen LogP contribution in [-0.2, 0) is 0 Å². The molecule has 0 aliphatic heterocycles. The molecular weight excluding hydrogens is 278 g/mol. The number of anilines is 1. The van der Waals surface area contributed by atoms with Crippen molar-refractivity contribution >= 4 is 5.82 Å². The van der Waals surface area contributed by atoms with Gasteiger partial charge in [-0.05, 0) is 50.8 Å². The number of nitrogens with zero attached hydrogens (tertiary/aromatic N) is 4. The van der Waals surface area contributed by atoms with Gasteiger partial charge >= 0.3 is 0 Å². The Bertz CT molecular complexity index is 589. The lowest BCUT2D eigenvalue weighted by molar-refractivity contribution is 0.0585. The van der Waals surface area contributed by atoms with Gasteiger partial charge in [0.05, 0.1) is 11.3 Å². The van der Waals surface area contributed by atoms with E-state index in [2.05, 4.69) is 34.5 Å². The van der Waals surface area contributed by atoms with Crippen molar-refractivity contribution < 1.29 is 5.11 Å². The van der Waals surface area contributed by atoms with Crippen molar-refractivity contribution in [3.05, 3.63) is 30.1 Å². The van der Waals surface area contributed by atoms with Gasteiger partial charge in [-0.1, -0.05) is 13.8 Å². The first-order valence-corrected chi connectivity index (χ1v) is 7.68. The molecule has 1 unspecified atom stereocenters. The first-order chi connectivity index (χ1) is 10.4. The number of aromatic nitrogens is 4. The van der Waals surface area contributed by atoms with Crippen LogP contribution in [0, 0.1) is 12.8 Å². The number of hydrogen-bond donors (Lipinski definition) is 2. The third-order valence-corrected chi connectivity index (χ3v) is 3.52. The molecule has 0 aromatic carbocycles. The summed E-state index contributed by atoms with van der Waals surface area (Å²) >= 11 is 0. The number of aryl methyl sites for hydroxylation is 1. The third kappa shape index (κ3) is 4.80. The van der Waals surface area contributed by atoms with E-state index < -0.39 is 5.60 Å². The minimum atomic E-state index is -0.746. The summed E-state index contributed by atoms with van der Waals surface area (Å²) in [6.07, 6.45) is 3.61. The van der Waals surface area contributed by atoms with E-state index in [0.717, 1.165) is 18.5 Å². The third-order valence-electron chi connectivity index (χ3n) is 3.52. The highest BCUT2D eigenvalue weighted by molar-refractivity contribution is 5.36. The molecule has 0 aliphatic rings. The summed E-state index contributed by atoms with van der Waals surface area (Å²) in [4.78, 5) is 0. The summed E-state index contributed by atoms with van der Waals surface area (Å²) in [5.41, 5.74) is 0.189. The maximum absolute atomic E-state index is 10.3. The van der Waals surface area contributed by atoms with Crippen LogP contribution in [-0.4, -0.2) is 37.2 Å². The largest absolute Gasteiger partial charge is 0.388 e. The van der Waals surface area contributed by atoms with Gasteiger partial charge in [-0.25, -0.2) is 4.68 Å². The molecule has 0 spiro atoms. The summed E-state index contributed by atoms with van der Waals surface area (Å²) < 4.78 is 1.69. The normalized spacial score (nSPS) is 14.1. The fourth-order valence-electron chi connectivity index (χ4n) is 2.05. The van der Waals surface area contributed by atoms with E-state index in [4.69, 9.17) is 0 Å². The molecule has 0 bridgehead atoms. The molecule has 120 valence electrons. The van der Waals surface area contributed by atoms with Gasteiger partial charge in [0, 0.05) is 12.7 Å². The smallest absolute Gasteiger partial charge is 0.175 e. The lowest BCUT2D eigenvalue weighted by Gasteiger charge is -2.24. The zero-order valence-electron chi connectivity index (χ0n) is 13.7. The van der Waals surface area contributed by atoms with E-state index in [1.165, 1.54) is 0 Å². The van der Waals surface area contributed by atoms with Crippen molar-refractivity contribution in [1.82, 2.24) is 20.0 Å². The Morgan fingerprint density at radius 2 is 2.05 bits per heavy atom. The van der Waals surface area contributed by atoms with Crippen LogP contribution in [0.2, 0.25) is 0 Å². The minimum absolute atomic E-state index is 0.453. The maximum Gasteiger partial charge on any atom is 0.175 e. The molecule has 0 fully saturated rings. The lowest BCUT2D eigenvalue weighted by Crippen LogP contribution is -2.34. The van der Waals surface area contributed by atoms with Crippen molar-refractivity contribution in [3.63, 3.8) is 0 Å². The second-order valence-electron chi connectivity index (χ2n) is 6.46. The van der Waals surface area contributed by atoms with Crippen molar-refractivity contribution in [2.24, 2.45) is 5.92 Å². The molecule has 2 aromatic rings. The highest BCUT2D eigenvalue weighted by Gasteiger charge is 2.20. The van der Waals surface area contributed by atoms with Crippen LogP contribution in [0.3, 0.4) is 0 Å². The second kappa shape index (κ2) is 6.87. The highest BCUT2D eigenvalue weighted by atomic mass is 16.3. The predicted octanol–water partition coefficient (Wildman–Crippen LogP) is 2.57. The van der Waals surface area contributed by atoms with E-state index in [-0.39, 0.29) is 0 Å². The quantitative estimate of drug-likeness (QED) is 0.822. The van der Waals surface area contributed by atoms with Crippen molar-refractivity contribution in [2.75, 3.05) is 11.9 Å². The molecule has 2 aromatic heterocycles. The van der Waals surface area contributed by atoms with Gasteiger partial charge in [0.2, 0.25) is 0 Å². The van der Waals surface area contributed by atoms with Crippen LogP contribution < -0.4 is 5.32 Å². The molecule has 0 amide bonds. The lowest BCUT2D eigenvalue weighted by atomic mass is 9.95. The van der Waals surface area contributed by atoms with Crippen LogP contribution in [0.4, 0.5) is 5.82 Å². The number of hydrogen-bond acceptors (Lipinski definition) is 5. The second-order valence-corrected chi connectivity index (χ2v) is 6.46. The molecule has 6 heteroatoms. The Morgan fingerprint density at radius 1 is 1.27 bits per heavy atom. The fraction of sp³-hybridized carbons (Fsp3) is 0.562. The molecule has 2 N–H and O–H groups in total. The Morgan fingerprint density at radius 3 is 2.59 bits per heavy atom. The van der Waals surface area contributed by atoms with E-state index in [1.54, 1.807) is 4.68 Å². The molecule has 0 radical (unpaired) electrons. The Balaban J connectivity index is 1.91. The van der Waals surface area contributed by atoms with Gasteiger partial charge in [0.15, 0.2) is 5.82 Å².